The lowest BCUT2D eigenvalue weighted by Gasteiger charge is -1.76. The van der Waals surface area contributed by atoms with Crippen molar-refractivity contribution in [2.45, 2.75) is 19.8 Å². The van der Waals surface area contributed by atoms with Gasteiger partial charge in [-0.25, -0.2) is 0 Å². The first-order valence-electron chi connectivity index (χ1n) is 2.28. The Balaban J connectivity index is 2.66. The van der Waals surface area contributed by atoms with Crippen LogP contribution in [-0.2, 0) is 0 Å². The van der Waals surface area contributed by atoms with Gasteiger partial charge in [-0.15, -0.1) is 5.98 Å². The summed E-state index contributed by atoms with van der Waals surface area (Å²) in [4.78, 5) is 0. The molecule has 0 fully saturated rings. The molecule has 0 saturated carbocycles. The van der Waals surface area contributed by atoms with Crippen molar-refractivity contribution in [2.75, 3.05) is 0 Å². The molecule has 0 aliphatic carbocycles. The molecule has 0 aromatic carbocycles. The van der Waals surface area contributed by atoms with Crippen LogP contribution in [0, 0.1) is 0 Å². The largest absolute Gasteiger partial charge is 0.135 e. The molecule has 0 rings (SSSR count). The van der Waals surface area contributed by atoms with Crippen LogP contribution in [0.15, 0.2) is 12.1 Å². The van der Waals surface area contributed by atoms with Crippen molar-refractivity contribution in [2.24, 2.45) is 0 Å². The SMILES string of the molecule is [B]/C=C/CCC. The quantitative estimate of drug-likeness (QED) is 0.440. The van der Waals surface area contributed by atoms with Crippen LogP contribution >= 0.6 is 0 Å². The molecule has 0 aliphatic heterocycles. The van der Waals surface area contributed by atoms with E-state index < -0.39 is 0 Å². The molecule has 0 aliphatic rings. The number of allylic oxidation sites excluding steroid dienone is 1. The van der Waals surface area contributed by atoms with Crippen molar-refractivity contribution in [3.05, 3.63) is 12.1 Å². The van der Waals surface area contributed by atoms with Crippen molar-refractivity contribution in [3.63, 3.8) is 0 Å². The second kappa shape index (κ2) is 4.80. The van der Waals surface area contributed by atoms with Crippen molar-refractivity contribution in [1.82, 2.24) is 0 Å². The zero-order valence-corrected chi connectivity index (χ0v) is 4.15. The topological polar surface area (TPSA) is 0 Å². The van der Waals surface area contributed by atoms with Gasteiger partial charge in [-0.05, 0) is 6.42 Å². The normalized spacial score (nSPS) is 10.2. The highest BCUT2D eigenvalue weighted by molar-refractivity contribution is 6.16. The lowest BCUT2D eigenvalue weighted by molar-refractivity contribution is 0.960. The molecule has 32 valence electrons. The van der Waals surface area contributed by atoms with Gasteiger partial charge in [-0.2, -0.15) is 0 Å². The van der Waals surface area contributed by atoms with Gasteiger partial charge in [0.2, 0.25) is 0 Å². The fourth-order valence-corrected chi connectivity index (χ4v) is 0.263. The van der Waals surface area contributed by atoms with Gasteiger partial charge in [-0.3, -0.25) is 0 Å². The number of hydrogen-bond donors (Lipinski definition) is 0. The molecular formula is C5H9B. The average Bonchev–Trinajstić information content (AvgIpc) is 1.61. The summed E-state index contributed by atoms with van der Waals surface area (Å²) < 4.78 is 0. The van der Waals surface area contributed by atoms with E-state index in [4.69, 9.17) is 7.85 Å². The summed E-state index contributed by atoms with van der Waals surface area (Å²) in [5, 5.41) is 0. The van der Waals surface area contributed by atoms with Gasteiger partial charge in [-0.1, -0.05) is 19.4 Å². The summed E-state index contributed by atoms with van der Waals surface area (Å²) in [6.07, 6.45) is 4.25. The molecule has 0 unspecified atom stereocenters. The third-order valence-corrected chi connectivity index (χ3v) is 0.591. The van der Waals surface area contributed by atoms with Crippen molar-refractivity contribution in [3.8, 4) is 0 Å². The molecule has 0 spiro atoms. The van der Waals surface area contributed by atoms with Crippen LogP contribution in [0.1, 0.15) is 19.8 Å². The lowest BCUT2D eigenvalue weighted by Crippen LogP contribution is -1.58. The molecule has 0 heterocycles. The Labute approximate surface area is 40.7 Å². The highest BCUT2D eigenvalue weighted by Crippen LogP contribution is 1.84. The predicted octanol–water partition coefficient (Wildman–Crippen LogP) is 1.47. The maximum atomic E-state index is 5.03. The zero-order chi connectivity index (χ0) is 4.83. The standard InChI is InChI=1S/C5H9B/c1-2-3-4-5-6/h4-5H,2-3H2,1H3/b5-4+. The van der Waals surface area contributed by atoms with Gasteiger partial charge in [0.25, 0.3) is 0 Å². The molecule has 6 heavy (non-hydrogen) atoms. The van der Waals surface area contributed by atoms with Crippen LogP contribution in [0.2, 0.25) is 0 Å². The number of hydrogen-bond acceptors (Lipinski definition) is 0. The molecular weight excluding hydrogens is 70.9 g/mol. The Morgan fingerprint density at radius 2 is 2.33 bits per heavy atom. The Bertz CT molecular complexity index is 39.2. The Hall–Kier alpha value is -0.195. The third-order valence-electron chi connectivity index (χ3n) is 0.591. The Morgan fingerprint density at radius 1 is 1.67 bits per heavy atom. The average molecular weight is 79.9 g/mol. The van der Waals surface area contributed by atoms with Crippen molar-refractivity contribution < 1.29 is 0 Å². The Kier molecular flexibility index (Phi) is 4.65. The minimum atomic E-state index is 1.11. The molecule has 0 N–H and O–H groups in total. The van der Waals surface area contributed by atoms with Crippen molar-refractivity contribution >= 4 is 7.85 Å². The molecule has 1 heteroatoms. The molecule has 0 nitrogen and oxygen atoms in total. The molecule has 0 saturated heterocycles. The van der Waals surface area contributed by atoms with Gasteiger partial charge in [0.15, 0.2) is 0 Å². The van der Waals surface area contributed by atoms with E-state index in [9.17, 15) is 0 Å². The zero-order valence-electron chi connectivity index (χ0n) is 4.15. The molecule has 0 bridgehead atoms. The van der Waals surface area contributed by atoms with Gasteiger partial charge >= 0.3 is 0 Å². The predicted molar refractivity (Wildman–Crippen MR) is 29.8 cm³/mol. The summed E-state index contributed by atoms with van der Waals surface area (Å²) in [6, 6.07) is 0. The van der Waals surface area contributed by atoms with Gasteiger partial charge < -0.3 is 0 Å². The smallest absolute Gasteiger partial charge is 0.102 e. The van der Waals surface area contributed by atoms with Crippen molar-refractivity contribution in [1.29, 1.82) is 0 Å². The van der Waals surface area contributed by atoms with Gasteiger partial charge in [0, 0.05) is 0 Å². The molecule has 0 atom stereocenters. The van der Waals surface area contributed by atoms with Gasteiger partial charge in [0.05, 0.1) is 0 Å². The summed E-state index contributed by atoms with van der Waals surface area (Å²) in [5.74, 6) is 1.59. The molecule has 0 aromatic heterocycles. The number of rotatable bonds is 2. The lowest BCUT2D eigenvalue weighted by atomic mass is 10.1. The van der Waals surface area contributed by atoms with E-state index in [1.165, 1.54) is 6.42 Å². The van der Waals surface area contributed by atoms with E-state index in [1.54, 1.807) is 5.98 Å². The van der Waals surface area contributed by atoms with Crippen LogP contribution < -0.4 is 0 Å². The van der Waals surface area contributed by atoms with E-state index in [1.807, 2.05) is 6.08 Å². The first-order chi connectivity index (χ1) is 2.91. The summed E-state index contributed by atoms with van der Waals surface area (Å²) in [7, 11) is 5.03. The second-order valence-corrected chi connectivity index (χ2v) is 1.22. The Morgan fingerprint density at radius 3 is 2.50 bits per heavy atom. The van der Waals surface area contributed by atoms with Crippen LogP contribution in [-0.4, -0.2) is 7.85 Å². The van der Waals surface area contributed by atoms with Crippen LogP contribution in [0.25, 0.3) is 0 Å². The minimum absolute atomic E-state index is 1.11. The number of unbranched alkanes of at least 4 members (excludes halogenated alkanes) is 1. The summed E-state index contributed by atoms with van der Waals surface area (Å²) in [6.45, 7) is 2.12. The summed E-state index contributed by atoms with van der Waals surface area (Å²) in [5.41, 5.74) is 0. The fraction of sp³-hybridized carbons (Fsp3) is 0.600. The second-order valence-electron chi connectivity index (χ2n) is 1.22. The maximum absolute atomic E-state index is 5.03. The molecule has 0 aromatic rings. The highest BCUT2D eigenvalue weighted by atomic mass is 13.7. The van der Waals surface area contributed by atoms with E-state index in [-0.39, 0.29) is 0 Å². The van der Waals surface area contributed by atoms with E-state index in [0.29, 0.717) is 0 Å². The van der Waals surface area contributed by atoms with Crippen LogP contribution in [0.5, 0.6) is 0 Å². The molecule has 2 radical (unpaired) electrons. The summed E-state index contributed by atoms with van der Waals surface area (Å²) >= 11 is 0. The minimum Gasteiger partial charge on any atom is -0.135 e. The van der Waals surface area contributed by atoms with E-state index in [2.05, 4.69) is 6.92 Å². The monoisotopic (exact) mass is 80.1 g/mol. The van der Waals surface area contributed by atoms with E-state index >= 15 is 0 Å². The van der Waals surface area contributed by atoms with E-state index in [0.717, 1.165) is 6.42 Å². The molecule has 0 amide bonds. The fourth-order valence-electron chi connectivity index (χ4n) is 0.263. The van der Waals surface area contributed by atoms with Crippen LogP contribution in [0.4, 0.5) is 0 Å². The highest BCUT2D eigenvalue weighted by Gasteiger charge is 1.64. The third kappa shape index (κ3) is 3.80. The van der Waals surface area contributed by atoms with Crippen LogP contribution in [0.3, 0.4) is 0 Å². The maximum Gasteiger partial charge on any atom is 0.102 e. The van der Waals surface area contributed by atoms with Gasteiger partial charge in [0.1, 0.15) is 7.85 Å². The first kappa shape index (κ1) is 5.80. The first-order valence-corrected chi connectivity index (χ1v) is 2.28.